The molecule has 0 spiro atoms. The van der Waals surface area contributed by atoms with Gasteiger partial charge in [-0.3, -0.25) is 0 Å². The minimum absolute atomic E-state index is 0.205. The number of unbranched alkanes of at least 4 members (excludes halogenated alkanes) is 1. The van der Waals surface area contributed by atoms with E-state index in [9.17, 15) is 8.42 Å². The second-order valence-electron chi connectivity index (χ2n) is 3.92. The van der Waals surface area contributed by atoms with Crippen LogP contribution < -0.4 is 0 Å². The number of nitrogens with zero attached hydrogens (tertiary/aromatic N) is 1. The van der Waals surface area contributed by atoms with Gasteiger partial charge in [0.15, 0.2) is 0 Å². The standard InChI is InChI=1S/C12H18ClNO2S/c1-3-4-9-14(2)17(15,16)12-8-6-5-7-11(12)10-13/h5-8H,3-4,9-10H2,1-2H3. The van der Waals surface area contributed by atoms with Crippen molar-refractivity contribution in [2.75, 3.05) is 13.6 Å². The SMILES string of the molecule is CCCCN(C)S(=O)(=O)c1ccccc1CCl. The van der Waals surface area contributed by atoms with E-state index in [0.29, 0.717) is 17.0 Å². The average Bonchev–Trinajstić information content (AvgIpc) is 2.35. The number of sulfonamides is 1. The van der Waals surface area contributed by atoms with Crippen LogP contribution >= 0.6 is 11.6 Å². The van der Waals surface area contributed by atoms with Crippen molar-refractivity contribution in [1.29, 1.82) is 0 Å². The second-order valence-corrected chi connectivity index (χ2v) is 6.20. The summed E-state index contributed by atoms with van der Waals surface area (Å²) in [5.74, 6) is 0.205. The van der Waals surface area contributed by atoms with Crippen molar-refractivity contribution >= 4 is 21.6 Å². The van der Waals surface area contributed by atoms with Gasteiger partial charge in [0, 0.05) is 19.5 Å². The Labute approximate surface area is 108 Å². The minimum Gasteiger partial charge on any atom is -0.207 e. The fraction of sp³-hybridized carbons (Fsp3) is 0.500. The third kappa shape index (κ3) is 3.44. The summed E-state index contributed by atoms with van der Waals surface area (Å²) in [7, 11) is -1.80. The fourth-order valence-electron chi connectivity index (χ4n) is 1.53. The molecule has 0 aromatic heterocycles. The summed E-state index contributed by atoms with van der Waals surface area (Å²) in [6.07, 6.45) is 1.83. The predicted molar refractivity (Wildman–Crippen MR) is 70.7 cm³/mol. The second kappa shape index (κ2) is 6.38. The molecule has 0 fully saturated rings. The molecule has 5 heteroatoms. The van der Waals surface area contributed by atoms with E-state index in [1.807, 2.05) is 6.92 Å². The van der Waals surface area contributed by atoms with Gasteiger partial charge in [0.25, 0.3) is 0 Å². The summed E-state index contributed by atoms with van der Waals surface area (Å²) in [6, 6.07) is 6.86. The Kier molecular flexibility index (Phi) is 5.43. The quantitative estimate of drug-likeness (QED) is 0.749. The Hall–Kier alpha value is -0.580. The number of benzene rings is 1. The topological polar surface area (TPSA) is 37.4 Å². The van der Waals surface area contributed by atoms with E-state index >= 15 is 0 Å². The van der Waals surface area contributed by atoms with Crippen molar-refractivity contribution in [3.63, 3.8) is 0 Å². The van der Waals surface area contributed by atoms with Crippen LogP contribution in [0.2, 0.25) is 0 Å². The van der Waals surface area contributed by atoms with E-state index in [2.05, 4.69) is 0 Å². The highest BCUT2D eigenvalue weighted by molar-refractivity contribution is 7.89. The van der Waals surface area contributed by atoms with E-state index < -0.39 is 10.0 Å². The highest BCUT2D eigenvalue weighted by Gasteiger charge is 2.22. The van der Waals surface area contributed by atoms with Crippen LogP contribution in [0.4, 0.5) is 0 Å². The van der Waals surface area contributed by atoms with E-state index in [1.54, 1.807) is 31.3 Å². The Morgan fingerprint density at radius 1 is 1.29 bits per heavy atom. The first kappa shape index (κ1) is 14.5. The molecule has 0 saturated carbocycles. The lowest BCUT2D eigenvalue weighted by molar-refractivity contribution is 0.459. The van der Waals surface area contributed by atoms with Gasteiger partial charge in [0.2, 0.25) is 10.0 Å². The molecule has 0 unspecified atom stereocenters. The van der Waals surface area contributed by atoms with Crippen molar-refractivity contribution in [1.82, 2.24) is 4.31 Å². The largest absolute Gasteiger partial charge is 0.243 e. The van der Waals surface area contributed by atoms with Crippen molar-refractivity contribution in [2.45, 2.75) is 30.5 Å². The first-order valence-electron chi connectivity index (χ1n) is 5.64. The molecule has 17 heavy (non-hydrogen) atoms. The molecule has 0 heterocycles. The van der Waals surface area contributed by atoms with Crippen LogP contribution in [0.3, 0.4) is 0 Å². The maximum Gasteiger partial charge on any atom is 0.243 e. The van der Waals surface area contributed by atoms with Gasteiger partial charge in [-0.1, -0.05) is 31.5 Å². The highest BCUT2D eigenvalue weighted by atomic mass is 35.5. The average molecular weight is 276 g/mol. The van der Waals surface area contributed by atoms with E-state index in [-0.39, 0.29) is 5.88 Å². The molecule has 0 aliphatic rings. The van der Waals surface area contributed by atoms with Gasteiger partial charge in [-0.05, 0) is 18.1 Å². The summed E-state index contributed by atoms with van der Waals surface area (Å²) in [5.41, 5.74) is 0.650. The first-order valence-corrected chi connectivity index (χ1v) is 7.61. The van der Waals surface area contributed by atoms with Gasteiger partial charge in [-0.2, -0.15) is 0 Å². The number of hydrogen-bond donors (Lipinski definition) is 0. The molecule has 0 aliphatic heterocycles. The first-order chi connectivity index (χ1) is 8.04. The maximum absolute atomic E-state index is 12.3. The van der Waals surface area contributed by atoms with E-state index in [0.717, 1.165) is 12.8 Å². The van der Waals surface area contributed by atoms with Crippen molar-refractivity contribution < 1.29 is 8.42 Å². The normalized spacial score (nSPS) is 12.0. The highest BCUT2D eigenvalue weighted by Crippen LogP contribution is 2.20. The molecular weight excluding hydrogens is 258 g/mol. The number of hydrogen-bond acceptors (Lipinski definition) is 2. The lowest BCUT2D eigenvalue weighted by atomic mass is 10.2. The summed E-state index contributed by atoms with van der Waals surface area (Å²) < 4.78 is 26.0. The predicted octanol–water partition coefficient (Wildman–Crippen LogP) is 2.85. The molecule has 1 aromatic carbocycles. The van der Waals surface area contributed by atoms with Crippen LogP contribution in [-0.4, -0.2) is 26.3 Å². The number of rotatable bonds is 6. The lowest BCUT2D eigenvalue weighted by Crippen LogP contribution is -2.28. The van der Waals surface area contributed by atoms with Gasteiger partial charge in [-0.15, -0.1) is 11.6 Å². The van der Waals surface area contributed by atoms with E-state index in [4.69, 9.17) is 11.6 Å². The third-order valence-electron chi connectivity index (χ3n) is 2.63. The lowest BCUT2D eigenvalue weighted by Gasteiger charge is -2.18. The van der Waals surface area contributed by atoms with Crippen LogP contribution in [0.25, 0.3) is 0 Å². The molecular formula is C12H18ClNO2S. The molecule has 0 atom stereocenters. The van der Waals surface area contributed by atoms with Crippen molar-refractivity contribution in [2.24, 2.45) is 0 Å². The van der Waals surface area contributed by atoms with Crippen molar-refractivity contribution in [3.05, 3.63) is 29.8 Å². The molecule has 0 aliphatic carbocycles. The molecule has 1 aromatic rings. The van der Waals surface area contributed by atoms with Crippen LogP contribution in [0.1, 0.15) is 25.3 Å². The Morgan fingerprint density at radius 2 is 1.94 bits per heavy atom. The van der Waals surface area contributed by atoms with Gasteiger partial charge in [0.05, 0.1) is 4.90 Å². The molecule has 0 bridgehead atoms. The number of halogens is 1. The Bertz CT molecular complexity index is 459. The molecule has 0 N–H and O–H groups in total. The Balaban J connectivity index is 3.04. The molecule has 3 nitrogen and oxygen atoms in total. The molecule has 0 saturated heterocycles. The minimum atomic E-state index is -3.41. The summed E-state index contributed by atoms with van der Waals surface area (Å²) in [6.45, 7) is 2.57. The number of alkyl halides is 1. The monoisotopic (exact) mass is 275 g/mol. The molecule has 0 radical (unpaired) electrons. The Morgan fingerprint density at radius 3 is 2.53 bits per heavy atom. The van der Waals surface area contributed by atoms with Crippen LogP contribution in [0.5, 0.6) is 0 Å². The third-order valence-corrected chi connectivity index (χ3v) is 4.88. The van der Waals surface area contributed by atoms with Crippen LogP contribution in [0.15, 0.2) is 29.2 Å². The summed E-state index contributed by atoms with van der Waals surface area (Å²) in [5, 5.41) is 0. The molecule has 0 amide bonds. The smallest absolute Gasteiger partial charge is 0.207 e. The van der Waals surface area contributed by atoms with Gasteiger partial charge < -0.3 is 0 Å². The van der Waals surface area contributed by atoms with Gasteiger partial charge in [0.1, 0.15) is 0 Å². The fourth-order valence-corrected chi connectivity index (χ4v) is 3.27. The maximum atomic E-state index is 12.3. The van der Waals surface area contributed by atoms with Gasteiger partial charge in [-0.25, -0.2) is 12.7 Å². The van der Waals surface area contributed by atoms with Gasteiger partial charge >= 0.3 is 0 Å². The molecule has 1 rings (SSSR count). The zero-order chi connectivity index (χ0) is 12.9. The molecule has 96 valence electrons. The van der Waals surface area contributed by atoms with Crippen LogP contribution in [-0.2, 0) is 15.9 Å². The van der Waals surface area contributed by atoms with Crippen LogP contribution in [0, 0.1) is 0 Å². The summed E-state index contributed by atoms with van der Waals surface area (Å²) >= 11 is 5.76. The summed E-state index contributed by atoms with van der Waals surface area (Å²) in [4.78, 5) is 0.314. The zero-order valence-electron chi connectivity index (χ0n) is 10.2. The van der Waals surface area contributed by atoms with Crippen molar-refractivity contribution in [3.8, 4) is 0 Å². The zero-order valence-corrected chi connectivity index (χ0v) is 11.8. The van der Waals surface area contributed by atoms with E-state index in [1.165, 1.54) is 4.31 Å².